The molecule has 3 nitrogen and oxygen atoms in total. The molecule has 0 spiro atoms. The molecule has 23 heavy (non-hydrogen) atoms. The molecule has 0 bridgehead atoms. The van der Waals surface area contributed by atoms with Crippen LogP contribution in [0.1, 0.15) is 51.0 Å². The van der Waals surface area contributed by atoms with Crippen LogP contribution < -0.4 is 9.47 Å². The number of benzene rings is 1. The van der Waals surface area contributed by atoms with Gasteiger partial charge in [-0.3, -0.25) is 4.90 Å². The van der Waals surface area contributed by atoms with Crippen LogP contribution in [0.3, 0.4) is 0 Å². The molecule has 0 radical (unpaired) electrons. The number of methoxy groups -OCH3 is 1. The molecule has 1 aliphatic carbocycles. The zero-order valence-corrected chi connectivity index (χ0v) is 14.3. The summed E-state index contributed by atoms with van der Waals surface area (Å²) in [4.78, 5) is 2.62. The van der Waals surface area contributed by atoms with Gasteiger partial charge in [0.15, 0.2) is 11.6 Å². The van der Waals surface area contributed by atoms with E-state index in [9.17, 15) is 4.39 Å². The molecule has 0 saturated heterocycles. The van der Waals surface area contributed by atoms with Gasteiger partial charge in [-0.05, 0) is 44.4 Å². The fourth-order valence-corrected chi connectivity index (χ4v) is 4.14. The zero-order valence-electron chi connectivity index (χ0n) is 14.3. The van der Waals surface area contributed by atoms with Gasteiger partial charge >= 0.3 is 0 Å². The summed E-state index contributed by atoms with van der Waals surface area (Å²) in [5.74, 6) is 0.853. The molecule has 0 aromatic heterocycles. The Morgan fingerprint density at radius 3 is 2.70 bits per heavy atom. The minimum atomic E-state index is -0.279. The molecule has 3 rings (SSSR count). The number of halogens is 1. The lowest BCUT2D eigenvalue weighted by molar-refractivity contribution is 0.0599. The molecule has 1 heterocycles. The van der Waals surface area contributed by atoms with Crippen molar-refractivity contribution in [2.45, 2.75) is 64.0 Å². The summed E-state index contributed by atoms with van der Waals surface area (Å²) in [6.07, 6.45) is 8.53. The van der Waals surface area contributed by atoms with Gasteiger partial charge in [0.25, 0.3) is 0 Å². The third kappa shape index (κ3) is 3.47. The molecule has 2 aliphatic rings. The summed E-state index contributed by atoms with van der Waals surface area (Å²) in [5.41, 5.74) is 0.890. The van der Waals surface area contributed by atoms with Crippen molar-refractivity contribution in [3.8, 4) is 11.5 Å². The molecule has 0 amide bonds. The maximum atomic E-state index is 14.0. The Morgan fingerprint density at radius 1 is 1.22 bits per heavy atom. The lowest BCUT2D eigenvalue weighted by Crippen LogP contribution is -2.49. The van der Waals surface area contributed by atoms with Gasteiger partial charge in [0.2, 0.25) is 0 Å². The van der Waals surface area contributed by atoms with E-state index in [0.717, 1.165) is 30.7 Å². The Morgan fingerprint density at radius 2 is 2.00 bits per heavy atom. The molecular formula is C19H28FNO2. The van der Waals surface area contributed by atoms with Gasteiger partial charge in [0.1, 0.15) is 12.4 Å². The number of rotatable bonds is 5. The molecule has 1 fully saturated rings. The quantitative estimate of drug-likeness (QED) is 0.812. The van der Waals surface area contributed by atoms with Crippen molar-refractivity contribution >= 4 is 0 Å². The highest BCUT2D eigenvalue weighted by molar-refractivity contribution is 5.47. The number of fused-ring (bicyclic) bond motifs is 1. The Bertz CT molecular complexity index is 528. The SMILES string of the molecule is CCCN(C1CCCCC1)[C@H]1COc2c(F)ccc(OC)c2C1. The van der Waals surface area contributed by atoms with Gasteiger partial charge in [-0.2, -0.15) is 0 Å². The van der Waals surface area contributed by atoms with E-state index in [-0.39, 0.29) is 5.82 Å². The monoisotopic (exact) mass is 321 g/mol. The predicted molar refractivity (Wildman–Crippen MR) is 89.8 cm³/mol. The van der Waals surface area contributed by atoms with E-state index in [1.807, 2.05) is 0 Å². The summed E-state index contributed by atoms with van der Waals surface area (Å²) in [7, 11) is 1.64. The smallest absolute Gasteiger partial charge is 0.165 e. The molecule has 128 valence electrons. The van der Waals surface area contributed by atoms with Crippen LogP contribution in [-0.4, -0.2) is 37.2 Å². The Labute approximate surface area is 138 Å². The van der Waals surface area contributed by atoms with E-state index < -0.39 is 0 Å². The molecule has 0 N–H and O–H groups in total. The maximum absolute atomic E-state index is 14.0. The fourth-order valence-electron chi connectivity index (χ4n) is 4.14. The second-order valence-corrected chi connectivity index (χ2v) is 6.76. The van der Waals surface area contributed by atoms with Crippen molar-refractivity contribution < 1.29 is 13.9 Å². The third-order valence-corrected chi connectivity index (χ3v) is 5.24. The van der Waals surface area contributed by atoms with E-state index in [1.54, 1.807) is 13.2 Å². The van der Waals surface area contributed by atoms with E-state index in [4.69, 9.17) is 9.47 Å². The van der Waals surface area contributed by atoms with Crippen LogP contribution in [0.25, 0.3) is 0 Å². The number of nitrogens with zero attached hydrogens (tertiary/aromatic N) is 1. The van der Waals surface area contributed by atoms with Crippen molar-refractivity contribution in [1.29, 1.82) is 0 Å². The fraction of sp³-hybridized carbons (Fsp3) is 0.684. The second-order valence-electron chi connectivity index (χ2n) is 6.76. The molecular weight excluding hydrogens is 293 g/mol. The van der Waals surface area contributed by atoms with Crippen molar-refractivity contribution in [2.75, 3.05) is 20.3 Å². The first-order chi connectivity index (χ1) is 11.2. The van der Waals surface area contributed by atoms with Crippen molar-refractivity contribution in [3.63, 3.8) is 0 Å². The first-order valence-corrected chi connectivity index (χ1v) is 8.98. The summed E-state index contributed by atoms with van der Waals surface area (Å²) >= 11 is 0. The lowest BCUT2D eigenvalue weighted by Gasteiger charge is -2.41. The largest absolute Gasteiger partial charge is 0.496 e. The topological polar surface area (TPSA) is 21.7 Å². The summed E-state index contributed by atoms with van der Waals surface area (Å²) in [5, 5.41) is 0. The van der Waals surface area contributed by atoms with Crippen molar-refractivity contribution in [1.82, 2.24) is 4.90 Å². The Kier molecular flexibility index (Phi) is 5.42. The second kappa shape index (κ2) is 7.52. The average Bonchev–Trinajstić information content (AvgIpc) is 2.60. The van der Waals surface area contributed by atoms with E-state index in [0.29, 0.717) is 24.4 Å². The number of ether oxygens (including phenoxy) is 2. The van der Waals surface area contributed by atoms with Gasteiger partial charge in [0, 0.05) is 17.6 Å². The molecule has 4 heteroatoms. The minimum Gasteiger partial charge on any atom is -0.496 e. The Balaban J connectivity index is 1.82. The standard InChI is InChI=1S/C19H28FNO2/c1-3-11-21(14-7-5-4-6-8-14)15-12-16-18(22-2)10-9-17(20)19(16)23-13-15/h9-10,14-15H,3-8,11-13H2,1-2H3/t15-/m1/s1. The van der Waals surface area contributed by atoms with Crippen LogP contribution in [0.5, 0.6) is 11.5 Å². The summed E-state index contributed by atoms with van der Waals surface area (Å²) < 4.78 is 25.3. The van der Waals surface area contributed by atoms with Gasteiger partial charge in [-0.1, -0.05) is 26.2 Å². The Hall–Kier alpha value is -1.29. The van der Waals surface area contributed by atoms with Crippen LogP contribution in [0.2, 0.25) is 0 Å². The van der Waals surface area contributed by atoms with Crippen LogP contribution >= 0.6 is 0 Å². The van der Waals surface area contributed by atoms with Crippen LogP contribution in [0, 0.1) is 5.82 Å². The molecule has 0 unspecified atom stereocenters. The number of hydrogen-bond acceptors (Lipinski definition) is 3. The van der Waals surface area contributed by atoms with Crippen molar-refractivity contribution in [2.24, 2.45) is 0 Å². The van der Waals surface area contributed by atoms with Gasteiger partial charge < -0.3 is 9.47 Å². The highest BCUT2D eigenvalue weighted by Crippen LogP contribution is 2.37. The third-order valence-electron chi connectivity index (χ3n) is 5.24. The van der Waals surface area contributed by atoms with E-state index >= 15 is 0 Å². The lowest BCUT2D eigenvalue weighted by atomic mass is 9.91. The number of hydrogen-bond donors (Lipinski definition) is 0. The van der Waals surface area contributed by atoms with Gasteiger partial charge in [-0.15, -0.1) is 0 Å². The average molecular weight is 321 g/mol. The predicted octanol–water partition coefficient (Wildman–Crippen LogP) is 4.18. The highest BCUT2D eigenvalue weighted by Gasteiger charge is 2.33. The molecule has 1 aromatic rings. The van der Waals surface area contributed by atoms with Crippen LogP contribution in [0.15, 0.2) is 12.1 Å². The van der Waals surface area contributed by atoms with E-state index in [2.05, 4.69) is 11.8 Å². The first-order valence-electron chi connectivity index (χ1n) is 8.98. The normalized spacial score (nSPS) is 21.8. The maximum Gasteiger partial charge on any atom is 0.165 e. The zero-order chi connectivity index (χ0) is 16.2. The molecule has 1 saturated carbocycles. The summed E-state index contributed by atoms with van der Waals surface area (Å²) in [6.45, 7) is 3.90. The van der Waals surface area contributed by atoms with Gasteiger partial charge in [-0.25, -0.2) is 4.39 Å². The molecule has 1 aromatic carbocycles. The molecule has 1 aliphatic heterocycles. The summed E-state index contributed by atoms with van der Waals surface area (Å²) in [6, 6.07) is 4.12. The van der Waals surface area contributed by atoms with Crippen LogP contribution in [0.4, 0.5) is 4.39 Å². The van der Waals surface area contributed by atoms with Gasteiger partial charge in [0.05, 0.1) is 7.11 Å². The minimum absolute atomic E-state index is 0.279. The van der Waals surface area contributed by atoms with Crippen LogP contribution in [-0.2, 0) is 6.42 Å². The van der Waals surface area contributed by atoms with E-state index in [1.165, 1.54) is 38.2 Å². The first kappa shape index (κ1) is 16.6. The molecule has 1 atom stereocenters. The highest BCUT2D eigenvalue weighted by atomic mass is 19.1. The van der Waals surface area contributed by atoms with Crippen molar-refractivity contribution in [3.05, 3.63) is 23.5 Å².